The average Bonchev–Trinajstić information content (AvgIpc) is 2.94. The van der Waals surface area contributed by atoms with Gasteiger partial charge in [0.1, 0.15) is 5.54 Å². The van der Waals surface area contributed by atoms with Crippen LogP contribution in [0.2, 0.25) is 0 Å². The van der Waals surface area contributed by atoms with Gasteiger partial charge in [-0.05, 0) is 51.5 Å². The second kappa shape index (κ2) is 5.51. The number of aromatic amines is 1. The molecule has 3 amide bonds. The SMILES string of the molecule is Cc1cc(C(=O)CN2C(=O)NC3(CCC(C)CC3)C2=O)c(C)[nH]1. The zero-order valence-corrected chi connectivity index (χ0v) is 13.9. The van der Waals surface area contributed by atoms with E-state index in [1.54, 1.807) is 6.07 Å². The van der Waals surface area contributed by atoms with Gasteiger partial charge in [-0.1, -0.05) is 6.92 Å². The Morgan fingerprint density at radius 3 is 2.52 bits per heavy atom. The standard InChI is InChI=1S/C17H23N3O3/c1-10-4-6-17(7-5-10)15(22)20(16(23)19-17)9-14(21)13-8-11(2)18-12(13)3/h8,10,18H,4-7,9H2,1-3H3,(H,19,23). The maximum atomic E-state index is 12.7. The molecule has 1 aromatic rings. The number of rotatable bonds is 3. The molecule has 2 fully saturated rings. The summed E-state index contributed by atoms with van der Waals surface area (Å²) in [6.45, 7) is 5.65. The van der Waals surface area contributed by atoms with Crippen molar-refractivity contribution in [2.45, 2.75) is 52.0 Å². The van der Waals surface area contributed by atoms with Crippen molar-refractivity contribution in [3.05, 3.63) is 23.0 Å². The molecule has 0 aromatic carbocycles. The van der Waals surface area contributed by atoms with E-state index in [2.05, 4.69) is 17.2 Å². The highest BCUT2D eigenvalue weighted by Gasteiger charge is 2.52. The molecular weight excluding hydrogens is 294 g/mol. The van der Waals surface area contributed by atoms with Crippen LogP contribution in [0, 0.1) is 19.8 Å². The van der Waals surface area contributed by atoms with Crippen molar-refractivity contribution in [3.63, 3.8) is 0 Å². The number of aryl methyl sites for hydroxylation is 2. The summed E-state index contributed by atoms with van der Waals surface area (Å²) >= 11 is 0. The second-order valence-electron chi connectivity index (χ2n) is 7.00. The maximum Gasteiger partial charge on any atom is 0.325 e. The van der Waals surface area contributed by atoms with Crippen LogP contribution in [-0.4, -0.2) is 39.7 Å². The van der Waals surface area contributed by atoms with Crippen molar-refractivity contribution in [1.29, 1.82) is 0 Å². The monoisotopic (exact) mass is 317 g/mol. The third kappa shape index (κ3) is 2.66. The Labute approximate surface area is 135 Å². The van der Waals surface area contributed by atoms with Gasteiger partial charge in [0.25, 0.3) is 5.91 Å². The highest BCUT2D eigenvalue weighted by atomic mass is 16.2. The lowest BCUT2D eigenvalue weighted by Crippen LogP contribution is -2.49. The fraction of sp³-hybridized carbons (Fsp3) is 0.588. The Morgan fingerprint density at radius 2 is 1.96 bits per heavy atom. The van der Waals surface area contributed by atoms with Crippen molar-refractivity contribution in [2.24, 2.45) is 5.92 Å². The Balaban J connectivity index is 1.76. The van der Waals surface area contributed by atoms with E-state index in [1.165, 1.54) is 0 Å². The number of nitrogens with zero attached hydrogens (tertiary/aromatic N) is 1. The molecular formula is C17H23N3O3. The summed E-state index contributed by atoms with van der Waals surface area (Å²) < 4.78 is 0. The highest BCUT2D eigenvalue weighted by Crippen LogP contribution is 2.36. The fourth-order valence-electron chi connectivity index (χ4n) is 3.66. The Morgan fingerprint density at radius 1 is 1.30 bits per heavy atom. The number of ketones is 1. The van der Waals surface area contributed by atoms with Gasteiger partial charge in [-0.2, -0.15) is 0 Å². The van der Waals surface area contributed by atoms with Crippen LogP contribution in [-0.2, 0) is 4.79 Å². The molecule has 1 saturated carbocycles. The quantitative estimate of drug-likeness (QED) is 0.663. The lowest BCUT2D eigenvalue weighted by atomic mass is 9.77. The molecule has 3 rings (SSSR count). The van der Waals surface area contributed by atoms with Crippen molar-refractivity contribution in [3.8, 4) is 0 Å². The van der Waals surface area contributed by atoms with E-state index in [4.69, 9.17) is 0 Å². The van der Waals surface area contributed by atoms with Crippen LogP contribution in [0.15, 0.2) is 6.07 Å². The second-order valence-corrected chi connectivity index (χ2v) is 7.00. The van der Waals surface area contributed by atoms with Crippen LogP contribution in [0.3, 0.4) is 0 Å². The van der Waals surface area contributed by atoms with E-state index in [9.17, 15) is 14.4 Å². The molecule has 0 unspecified atom stereocenters. The van der Waals surface area contributed by atoms with E-state index < -0.39 is 11.6 Å². The van der Waals surface area contributed by atoms with Gasteiger partial charge in [0, 0.05) is 17.0 Å². The molecule has 1 aromatic heterocycles. The summed E-state index contributed by atoms with van der Waals surface area (Å²) in [7, 11) is 0. The van der Waals surface area contributed by atoms with E-state index >= 15 is 0 Å². The van der Waals surface area contributed by atoms with Gasteiger partial charge < -0.3 is 10.3 Å². The summed E-state index contributed by atoms with van der Waals surface area (Å²) in [5.74, 6) is 0.121. The first-order chi connectivity index (χ1) is 10.8. The van der Waals surface area contributed by atoms with Crippen LogP contribution in [0.4, 0.5) is 4.79 Å². The van der Waals surface area contributed by atoms with Crippen LogP contribution in [0.5, 0.6) is 0 Å². The summed E-state index contributed by atoms with van der Waals surface area (Å²) in [6.07, 6.45) is 3.16. The largest absolute Gasteiger partial charge is 0.362 e. The number of hydrogen-bond acceptors (Lipinski definition) is 3. The molecule has 1 aliphatic carbocycles. The van der Waals surface area contributed by atoms with E-state index in [-0.39, 0.29) is 18.2 Å². The summed E-state index contributed by atoms with van der Waals surface area (Å²) in [4.78, 5) is 41.6. The van der Waals surface area contributed by atoms with E-state index in [0.29, 0.717) is 24.3 Å². The third-order valence-electron chi connectivity index (χ3n) is 5.13. The van der Waals surface area contributed by atoms with Gasteiger partial charge in [0.05, 0.1) is 6.54 Å². The zero-order valence-electron chi connectivity index (χ0n) is 13.9. The predicted molar refractivity (Wildman–Crippen MR) is 85.2 cm³/mol. The van der Waals surface area contributed by atoms with E-state index in [1.807, 2.05) is 13.8 Å². The van der Waals surface area contributed by atoms with Gasteiger partial charge in [-0.3, -0.25) is 14.5 Å². The number of nitrogens with one attached hydrogen (secondary N) is 2. The van der Waals surface area contributed by atoms with Gasteiger partial charge in [0.15, 0.2) is 5.78 Å². The molecule has 2 aliphatic rings. The number of aromatic nitrogens is 1. The van der Waals surface area contributed by atoms with Crippen LogP contribution < -0.4 is 5.32 Å². The third-order valence-corrected chi connectivity index (χ3v) is 5.13. The number of Topliss-reactive ketones (excluding diaryl/α,β-unsaturated/α-hetero) is 1. The predicted octanol–water partition coefficient (Wildman–Crippen LogP) is 2.31. The number of urea groups is 1. The number of amides is 3. The zero-order chi connectivity index (χ0) is 16.8. The van der Waals surface area contributed by atoms with Gasteiger partial charge in [0.2, 0.25) is 0 Å². The molecule has 0 bridgehead atoms. The van der Waals surface area contributed by atoms with Gasteiger partial charge >= 0.3 is 6.03 Å². The number of carbonyl (C=O) groups is 3. The lowest BCUT2D eigenvalue weighted by molar-refractivity contribution is -0.132. The van der Waals surface area contributed by atoms with Crippen molar-refractivity contribution < 1.29 is 14.4 Å². The van der Waals surface area contributed by atoms with Gasteiger partial charge in [-0.25, -0.2) is 4.79 Å². The molecule has 0 atom stereocenters. The molecule has 124 valence electrons. The van der Waals surface area contributed by atoms with Crippen LogP contribution in [0.1, 0.15) is 54.4 Å². The minimum Gasteiger partial charge on any atom is -0.362 e. The van der Waals surface area contributed by atoms with Crippen LogP contribution >= 0.6 is 0 Å². The first-order valence-corrected chi connectivity index (χ1v) is 8.16. The maximum absolute atomic E-state index is 12.7. The van der Waals surface area contributed by atoms with Crippen molar-refractivity contribution in [2.75, 3.05) is 6.54 Å². The van der Waals surface area contributed by atoms with Crippen molar-refractivity contribution >= 4 is 17.7 Å². The number of H-pyrrole nitrogens is 1. The number of imide groups is 1. The smallest absolute Gasteiger partial charge is 0.325 e. The van der Waals surface area contributed by atoms with E-state index in [0.717, 1.165) is 29.1 Å². The molecule has 1 aliphatic heterocycles. The lowest BCUT2D eigenvalue weighted by Gasteiger charge is -2.33. The number of hydrogen-bond donors (Lipinski definition) is 2. The summed E-state index contributed by atoms with van der Waals surface area (Å²) in [5, 5.41) is 2.84. The molecule has 6 nitrogen and oxygen atoms in total. The average molecular weight is 317 g/mol. The minimum atomic E-state index is -0.785. The number of carbonyl (C=O) groups excluding carboxylic acids is 3. The molecule has 6 heteroatoms. The normalized spacial score (nSPS) is 27.6. The molecule has 23 heavy (non-hydrogen) atoms. The molecule has 1 spiro atoms. The highest BCUT2D eigenvalue weighted by molar-refractivity contribution is 6.11. The molecule has 2 N–H and O–H groups in total. The molecule has 1 saturated heterocycles. The topological polar surface area (TPSA) is 82.3 Å². The Bertz CT molecular complexity index is 669. The molecule has 2 heterocycles. The van der Waals surface area contributed by atoms with Crippen molar-refractivity contribution in [1.82, 2.24) is 15.2 Å². The molecule has 0 radical (unpaired) electrons. The van der Waals surface area contributed by atoms with Gasteiger partial charge in [-0.15, -0.1) is 0 Å². The summed E-state index contributed by atoms with van der Waals surface area (Å²) in [5.41, 5.74) is 1.41. The Hall–Kier alpha value is -2.11. The Kier molecular flexibility index (Phi) is 3.78. The van der Waals surface area contributed by atoms with Crippen LogP contribution in [0.25, 0.3) is 0 Å². The summed E-state index contributed by atoms with van der Waals surface area (Å²) in [6, 6.07) is 1.32. The fourth-order valence-corrected chi connectivity index (χ4v) is 3.66. The first-order valence-electron chi connectivity index (χ1n) is 8.16. The minimum absolute atomic E-state index is 0.194. The first kappa shape index (κ1) is 15.8.